The molecule has 0 unspecified atom stereocenters. The Balaban J connectivity index is 2.36. The Bertz CT molecular complexity index is 667. The number of carboxylic acids is 1. The predicted molar refractivity (Wildman–Crippen MR) is 65.5 cm³/mol. The number of pyridine rings is 1. The molecule has 0 aliphatic rings. The molecule has 2 rings (SSSR count). The van der Waals surface area contributed by atoms with Crippen molar-refractivity contribution in [3.8, 4) is 0 Å². The summed E-state index contributed by atoms with van der Waals surface area (Å²) in [5, 5.41) is 13.0. The lowest BCUT2D eigenvalue weighted by Crippen LogP contribution is -2.20. The number of fused-ring (bicyclic) bond motifs is 1. The fraction of sp³-hybridized carbons (Fsp3) is 0.250. The molecule has 0 aliphatic carbocycles. The number of carbonyl (C=O) groups is 1. The average Bonchev–Trinajstić information content (AvgIpc) is 2.67. The maximum Gasteiger partial charge on any atom is 0.350 e. The molecule has 6 heteroatoms. The number of aromatic nitrogens is 3. The van der Waals surface area contributed by atoms with Crippen molar-refractivity contribution in [2.75, 3.05) is 0 Å². The molecule has 0 spiro atoms. The van der Waals surface area contributed by atoms with Gasteiger partial charge in [0.1, 0.15) is 0 Å². The zero-order valence-electron chi connectivity index (χ0n) is 9.91. The Labute approximate surface area is 103 Å². The SMILES string of the molecule is CCC(=CCn1nc2ccccn2c1=O)C(=O)O. The average molecular weight is 247 g/mol. The first-order valence-corrected chi connectivity index (χ1v) is 5.60. The van der Waals surface area contributed by atoms with E-state index in [1.54, 1.807) is 31.3 Å². The van der Waals surface area contributed by atoms with E-state index < -0.39 is 5.97 Å². The van der Waals surface area contributed by atoms with E-state index in [1.807, 2.05) is 0 Å². The Morgan fingerprint density at radius 1 is 1.50 bits per heavy atom. The highest BCUT2D eigenvalue weighted by molar-refractivity contribution is 5.86. The summed E-state index contributed by atoms with van der Waals surface area (Å²) in [6.07, 6.45) is 3.55. The lowest BCUT2D eigenvalue weighted by atomic mass is 10.2. The monoisotopic (exact) mass is 247 g/mol. The number of nitrogens with zero attached hydrogens (tertiary/aromatic N) is 3. The Hall–Kier alpha value is -2.37. The minimum Gasteiger partial charge on any atom is -0.478 e. The number of hydrogen-bond acceptors (Lipinski definition) is 3. The fourth-order valence-corrected chi connectivity index (χ4v) is 1.67. The summed E-state index contributed by atoms with van der Waals surface area (Å²) in [6, 6.07) is 5.25. The van der Waals surface area contributed by atoms with Crippen LogP contribution in [0.2, 0.25) is 0 Å². The molecule has 2 aromatic rings. The summed E-state index contributed by atoms with van der Waals surface area (Å²) in [7, 11) is 0. The van der Waals surface area contributed by atoms with E-state index in [9.17, 15) is 9.59 Å². The second-order valence-electron chi connectivity index (χ2n) is 3.78. The smallest absolute Gasteiger partial charge is 0.350 e. The molecule has 2 aromatic heterocycles. The highest BCUT2D eigenvalue weighted by Gasteiger charge is 2.07. The number of aliphatic carboxylic acids is 1. The van der Waals surface area contributed by atoms with Crippen LogP contribution in [0.1, 0.15) is 13.3 Å². The summed E-state index contributed by atoms with van der Waals surface area (Å²) in [4.78, 5) is 22.7. The van der Waals surface area contributed by atoms with Crippen LogP contribution in [0.3, 0.4) is 0 Å². The van der Waals surface area contributed by atoms with Crippen LogP contribution in [0.25, 0.3) is 5.65 Å². The van der Waals surface area contributed by atoms with Gasteiger partial charge < -0.3 is 5.11 Å². The molecule has 6 nitrogen and oxygen atoms in total. The number of hydrogen-bond donors (Lipinski definition) is 1. The topological polar surface area (TPSA) is 76.6 Å². The van der Waals surface area contributed by atoms with Crippen molar-refractivity contribution in [2.24, 2.45) is 0 Å². The zero-order chi connectivity index (χ0) is 13.1. The van der Waals surface area contributed by atoms with Gasteiger partial charge in [-0.2, -0.15) is 0 Å². The largest absolute Gasteiger partial charge is 0.478 e. The molecule has 0 aliphatic heterocycles. The fourth-order valence-electron chi connectivity index (χ4n) is 1.67. The second-order valence-corrected chi connectivity index (χ2v) is 3.78. The van der Waals surface area contributed by atoms with Gasteiger partial charge in [0.2, 0.25) is 0 Å². The van der Waals surface area contributed by atoms with Gasteiger partial charge in [-0.3, -0.25) is 4.40 Å². The highest BCUT2D eigenvalue weighted by atomic mass is 16.4. The normalized spacial score (nSPS) is 11.9. The molecule has 0 radical (unpaired) electrons. The van der Waals surface area contributed by atoms with Crippen molar-refractivity contribution in [1.82, 2.24) is 14.2 Å². The van der Waals surface area contributed by atoms with Crippen LogP contribution in [-0.4, -0.2) is 25.3 Å². The van der Waals surface area contributed by atoms with Crippen LogP contribution in [-0.2, 0) is 11.3 Å². The van der Waals surface area contributed by atoms with Crippen molar-refractivity contribution >= 4 is 11.6 Å². The quantitative estimate of drug-likeness (QED) is 0.815. The molecular weight excluding hydrogens is 234 g/mol. The van der Waals surface area contributed by atoms with E-state index in [0.717, 1.165) is 0 Å². The molecule has 0 atom stereocenters. The number of allylic oxidation sites excluding steroid dienone is 1. The van der Waals surface area contributed by atoms with E-state index >= 15 is 0 Å². The number of carboxylic acid groups (broad SMARTS) is 1. The van der Waals surface area contributed by atoms with E-state index in [4.69, 9.17) is 5.11 Å². The summed E-state index contributed by atoms with van der Waals surface area (Å²) < 4.78 is 2.66. The third-order valence-corrected chi connectivity index (χ3v) is 2.65. The first-order chi connectivity index (χ1) is 8.63. The molecule has 0 bridgehead atoms. The van der Waals surface area contributed by atoms with Gasteiger partial charge in [-0.05, 0) is 18.6 Å². The summed E-state index contributed by atoms with van der Waals surface area (Å²) in [6.45, 7) is 1.92. The Kier molecular flexibility index (Phi) is 3.27. The summed E-state index contributed by atoms with van der Waals surface area (Å²) in [5.41, 5.74) is 0.547. The van der Waals surface area contributed by atoms with Gasteiger partial charge in [0.15, 0.2) is 5.65 Å². The standard InChI is InChI=1S/C12H13N3O3/c1-2-9(11(16)17)6-8-15-12(18)14-7-4-3-5-10(14)13-15/h3-7H,2,8H2,1H3,(H,16,17). The Morgan fingerprint density at radius 2 is 2.28 bits per heavy atom. The molecular formula is C12H13N3O3. The van der Waals surface area contributed by atoms with Crippen LogP contribution >= 0.6 is 0 Å². The molecule has 0 amide bonds. The molecule has 0 saturated carbocycles. The zero-order valence-corrected chi connectivity index (χ0v) is 9.91. The maximum absolute atomic E-state index is 11.9. The van der Waals surface area contributed by atoms with Gasteiger partial charge in [0.25, 0.3) is 0 Å². The van der Waals surface area contributed by atoms with Crippen molar-refractivity contribution in [1.29, 1.82) is 0 Å². The highest BCUT2D eigenvalue weighted by Crippen LogP contribution is 2.01. The van der Waals surface area contributed by atoms with Gasteiger partial charge in [-0.15, -0.1) is 5.10 Å². The van der Waals surface area contributed by atoms with Gasteiger partial charge in [0, 0.05) is 11.8 Å². The van der Waals surface area contributed by atoms with Crippen LogP contribution in [0.5, 0.6) is 0 Å². The number of rotatable bonds is 4. The van der Waals surface area contributed by atoms with E-state index in [1.165, 1.54) is 15.2 Å². The predicted octanol–water partition coefficient (Wildman–Crippen LogP) is 0.917. The molecule has 2 heterocycles. The van der Waals surface area contributed by atoms with Gasteiger partial charge in [-0.1, -0.05) is 19.1 Å². The lowest BCUT2D eigenvalue weighted by molar-refractivity contribution is -0.132. The first kappa shape index (κ1) is 12.1. The minimum absolute atomic E-state index is 0.163. The molecule has 0 fully saturated rings. The van der Waals surface area contributed by atoms with Gasteiger partial charge >= 0.3 is 11.7 Å². The summed E-state index contributed by atoms with van der Waals surface area (Å²) >= 11 is 0. The van der Waals surface area contributed by atoms with Crippen LogP contribution in [0.15, 0.2) is 40.8 Å². The van der Waals surface area contributed by atoms with E-state index in [-0.39, 0.29) is 17.8 Å². The molecule has 0 saturated heterocycles. The molecule has 0 aromatic carbocycles. The minimum atomic E-state index is -0.964. The summed E-state index contributed by atoms with van der Waals surface area (Å²) in [5.74, 6) is -0.964. The molecule has 18 heavy (non-hydrogen) atoms. The van der Waals surface area contributed by atoms with Crippen molar-refractivity contribution in [3.63, 3.8) is 0 Å². The van der Waals surface area contributed by atoms with E-state index in [2.05, 4.69) is 5.10 Å². The van der Waals surface area contributed by atoms with Crippen LogP contribution < -0.4 is 5.69 Å². The van der Waals surface area contributed by atoms with Gasteiger partial charge in [0.05, 0.1) is 6.54 Å². The first-order valence-electron chi connectivity index (χ1n) is 5.60. The third-order valence-electron chi connectivity index (χ3n) is 2.65. The van der Waals surface area contributed by atoms with E-state index in [0.29, 0.717) is 12.1 Å². The van der Waals surface area contributed by atoms with Crippen molar-refractivity contribution in [3.05, 3.63) is 46.5 Å². The molecule has 1 N–H and O–H groups in total. The van der Waals surface area contributed by atoms with Crippen molar-refractivity contribution in [2.45, 2.75) is 19.9 Å². The van der Waals surface area contributed by atoms with Crippen LogP contribution in [0, 0.1) is 0 Å². The Morgan fingerprint density at radius 3 is 2.89 bits per heavy atom. The van der Waals surface area contributed by atoms with Gasteiger partial charge in [-0.25, -0.2) is 14.3 Å². The third kappa shape index (κ3) is 2.17. The molecule has 94 valence electrons. The van der Waals surface area contributed by atoms with Crippen molar-refractivity contribution < 1.29 is 9.90 Å². The van der Waals surface area contributed by atoms with Crippen LogP contribution in [0.4, 0.5) is 0 Å². The lowest BCUT2D eigenvalue weighted by Gasteiger charge is -1.97. The maximum atomic E-state index is 11.9. The second kappa shape index (κ2) is 4.87.